The van der Waals surface area contributed by atoms with Crippen LogP contribution < -0.4 is 5.36 Å². The summed E-state index contributed by atoms with van der Waals surface area (Å²) in [5.41, 5.74) is 1.44. The van der Waals surface area contributed by atoms with Gasteiger partial charge >= 0.3 is 0 Å². The van der Waals surface area contributed by atoms with Gasteiger partial charge < -0.3 is 4.42 Å². The first-order chi connectivity index (χ1) is 12.1. The summed E-state index contributed by atoms with van der Waals surface area (Å²) in [7, 11) is 0. The van der Waals surface area contributed by atoms with Crippen molar-refractivity contribution < 1.29 is 9.34 Å². The number of fused-ring (bicyclic) bond motifs is 2. The molecule has 4 aromatic rings. The number of nitrogens with zero attached hydrogens (tertiary/aromatic N) is 2. The quantitative estimate of drug-likeness (QED) is 0.277. The SMILES string of the molecule is O=[N+]([O-])c1cc(Cl)ccc1N=c1c2ccccc2oc2ccccc12. The highest BCUT2D eigenvalue weighted by atomic mass is 35.5. The average Bonchev–Trinajstić information content (AvgIpc) is 2.62. The highest BCUT2D eigenvalue weighted by molar-refractivity contribution is 6.30. The van der Waals surface area contributed by atoms with Gasteiger partial charge in [-0.2, -0.15) is 0 Å². The Morgan fingerprint density at radius 2 is 1.52 bits per heavy atom. The average molecular weight is 351 g/mol. The first kappa shape index (κ1) is 15.4. The summed E-state index contributed by atoms with van der Waals surface area (Å²) < 4.78 is 5.91. The lowest BCUT2D eigenvalue weighted by atomic mass is 10.1. The van der Waals surface area contributed by atoms with Crippen molar-refractivity contribution in [1.82, 2.24) is 0 Å². The maximum absolute atomic E-state index is 11.4. The van der Waals surface area contributed by atoms with E-state index in [-0.39, 0.29) is 11.4 Å². The highest BCUT2D eigenvalue weighted by Gasteiger charge is 2.14. The number of halogens is 1. The van der Waals surface area contributed by atoms with Gasteiger partial charge in [0.05, 0.1) is 10.3 Å². The molecule has 0 aliphatic heterocycles. The molecule has 4 rings (SSSR count). The van der Waals surface area contributed by atoms with Crippen molar-refractivity contribution in [3.05, 3.63) is 87.2 Å². The van der Waals surface area contributed by atoms with Crippen LogP contribution in [0.2, 0.25) is 5.02 Å². The smallest absolute Gasteiger partial charge is 0.296 e. The zero-order valence-corrected chi connectivity index (χ0v) is 13.6. The fourth-order valence-corrected chi connectivity index (χ4v) is 2.91. The van der Waals surface area contributed by atoms with Crippen LogP contribution in [0, 0.1) is 10.1 Å². The minimum absolute atomic E-state index is 0.138. The Balaban J connectivity index is 2.16. The third-order valence-electron chi connectivity index (χ3n) is 3.87. The van der Waals surface area contributed by atoms with Crippen LogP contribution in [-0.4, -0.2) is 4.92 Å². The second kappa shape index (κ2) is 6.03. The van der Waals surface area contributed by atoms with Crippen LogP contribution >= 0.6 is 11.6 Å². The van der Waals surface area contributed by atoms with Gasteiger partial charge in [0.1, 0.15) is 16.9 Å². The number of benzene rings is 3. The molecule has 0 bridgehead atoms. The molecule has 0 saturated heterocycles. The van der Waals surface area contributed by atoms with E-state index in [4.69, 9.17) is 16.0 Å². The van der Waals surface area contributed by atoms with Gasteiger partial charge in [-0.1, -0.05) is 35.9 Å². The van der Waals surface area contributed by atoms with Crippen molar-refractivity contribution in [2.24, 2.45) is 4.99 Å². The third-order valence-corrected chi connectivity index (χ3v) is 4.11. The minimum Gasteiger partial charge on any atom is -0.456 e. The Morgan fingerprint density at radius 1 is 0.920 bits per heavy atom. The summed E-state index contributed by atoms with van der Waals surface area (Å²) in [6.07, 6.45) is 0. The van der Waals surface area contributed by atoms with E-state index in [2.05, 4.69) is 4.99 Å². The van der Waals surface area contributed by atoms with Crippen LogP contribution in [0.25, 0.3) is 21.9 Å². The molecule has 0 radical (unpaired) electrons. The molecule has 0 spiro atoms. The van der Waals surface area contributed by atoms with Crippen LogP contribution in [0.15, 0.2) is 76.1 Å². The van der Waals surface area contributed by atoms with Crippen LogP contribution in [-0.2, 0) is 0 Å². The predicted octanol–water partition coefficient (Wildman–Crippen LogP) is 5.38. The van der Waals surface area contributed by atoms with Crippen molar-refractivity contribution in [3.63, 3.8) is 0 Å². The van der Waals surface area contributed by atoms with E-state index >= 15 is 0 Å². The number of hydrogen-bond acceptors (Lipinski definition) is 4. The third kappa shape index (κ3) is 2.75. The minimum atomic E-state index is -0.484. The number of para-hydroxylation sites is 2. The molecule has 1 heterocycles. The lowest BCUT2D eigenvalue weighted by Crippen LogP contribution is -2.05. The van der Waals surface area contributed by atoms with Crippen molar-refractivity contribution in [1.29, 1.82) is 0 Å². The van der Waals surface area contributed by atoms with Crippen LogP contribution in [0.5, 0.6) is 0 Å². The molecular weight excluding hydrogens is 340 g/mol. The standard InChI is InChI=1S/C19H11ClN2O3/c20-12-9-10-15(16(11-12)22(23)24)21-19-13-5-1-3-7-17(13)25-18-8-4-2-6-14(18)19/h1-11H. The summed E-state index contributed by atoms with van der Waals surface area (Å²) in [6, 6.07) is 19.4. The van der Waals surface area contributed by atoms with Crippen molar-refractivity contribution in [2.45, 2.75) is 0 Å². The van der Waals surface area contributed by atoms with Gasteiger partial charge in [0.2, 0.25) is 0 Å². The summed E-state index contributed by atoms with van der Waals surface area (Å²) in [5, 5.41) is 13.8. The molecule has 3 aromatic carbocycles. The molecule has 25 heavy (non-hydrogen) atoms. The summed E-state index contributed by atoms with van der Waals surface area (Å²) in [4.78, 5) is 15.5. The maximum Gasteiger partial charge on any atom is 0.296 e. The molecule has 0 aliphatic rings. The molecule has 0 unspecified atom stereocenters. The Hall–Kier alpha value is -3.18. The Morgan fingerprint density at radius 3 is 2.12 bits per heavy atom. The molecule has 122 valence electrons. The zero-order chi connectivity index (χ0) is 17.4. The van der Waals surface area contributed by atoms with E-state index in [1.165, 1.54) is 6.07 Å². The Kier molecular flexibility index (Phi) is 3.71. The first-order valence-corrected chi connectivity index (χ1v) is 7.90. The fraction of sp³-hybridized carbons (Fsp3) is 0. The molecule has 0 aliphatic carbocycles. The molecule has 6 heteroatoms. The van der Waals surface area contributed by atoms with Gasteiger partial charge in [-0.05, 0) is 36.4 Å². The van der Waals surface area contributed by atoms with Crippen LogP contribution in [0.3, 0.4) is 0 Å². The largest absolute Gasteiger partial charge is 0.456 e. The predicted molar refractivity (Wildman–Crippen MR) is 97.0 cm³/mol. The monoisotopic (exact) mass is 350 g/mol. The second-order valence-corrected chi connectivity index (χ2v) is 5.88. The van der Waals surface area contributed by atoms with E-state index in [9.17, 15) is 10.1 Å². The molecular formula is C19H11ClN2O3. The van der Waals surface area contributed by atoms with Crippen molar-refractivity contribution in [2.75, 3.05) is 0 Å². The second-order valence-electron chi connectivity index (χ2n) is 5.44. The van der Waals surface area contributed by atoms with Crippen LogP contribution in [0.4, 0.5) is 11.4 Å². The lowest BCUT2D eigenvalue weighted by Gasteiger charge is -2.04. The van der Waals surface area contributed by atoms with Gasteiger partial charge in [0.25, 0.3) is 5.69 Å². The molecule has 5 nitrogen and oxygen atoms in total. The summed E-state index contributed by atoms with van der Waals surface area (Å²) >= 11 is 5.89. The molecule has 0 amide bonds. The van der Waals surface area contributed by atoms with Gasteiger partial charge in [0.15, 0.2) is 0 Å². The van der Waals surface area contributed by atoms with E-state index < -0.39 is 4.92 Å². The number of nitro groups is 1. The molecule has 0 atom stereocenters. The lowest BCUT2D eigenvalue weighted by molar-refractivity contribution is -0.384. The van der Waals surface area contributed by atoms with Crippen molar-refractivity contribution in [3.8, 4) is 0 Å². The molecule has 0 saturated carbocycles. The van der Waals surface area contributed by atoms with Crippen molar-refractivity contribution >= 4 is 44.9 Å². The van der Waals surface area contributed by atoms with E-state index in [0.717, 1.165) is 10.8 Å². The van der Waals surface area contributed by atoms with Crippen LogP contribution in [0.1, 0.15) is 0 Å². The molecule has 1 aromatic heterocycles. The number of hydrogen-bond donors (Lipinski definition) is 0. The zero-order valence-electron chi connectivity index (χ0n) is 12.8. The molecule has 0 fully saturated rings. The summed E-state index contributed by atoms with van der Waals surface area (Å²) in [6.45, 7) is 0. The van der Waals surface area contributed by atoms with E-state index in [1.54, 1.807) is 12.1 Å². The Bertz CT molecular complexity index is 1140. The van der Waals surface area contributed by atoms with Gasteiger partial charge in [-0.15, -0.1) is 0 Å². The van der Waals surface area contributed by atoms with E-state index in [1.807, 2.05) is 48.5 Å². The number of nitro benzene ring substituents is 1. The maximum atomic E-state index is 11.4. The Labute approximate surface area is 147 Å². The normalized spacial score (nSPS) is 10.9. The van der Waals surface area contributed by atoms with Gasteiger partial charge in [0, 0.05) is 21.9 Å². The topological polar surface area (TPSA) is 68.6 Å². The molecule has 0 N–H and O–H groups in total. The highest BCUT2D eigenvalue weighted by Crippen LogP contribution is 2.30. The number of rotatable bonds is 2. The summed E-state index contributed by atoms with van der Waals surface area (Å²) in [5.74, 6) is 0. The van der Waals surface area contributed by atoms with Gasteiger partial charge in [-0.25, -0.2) is 4.99 Å². The van der Waals surface area contributed by atoms with Gasteiger partial charge in [-0.3, -0.25) is 10.1 Å². The fourth-order valence-electron chi connectivity index (χ4n) is 2.74. The first-order valence-electron chi connectivity index (χ1n) is 7.53. The van der Waals surface area contributed by atoms with E-state index in [0.29, 0.717) is 21.5 Å².